The van der Waals surface area contributed by atoms with Gasteiger partial charge in [0.2, 0.25) is 0 Å². The van der Waals surface area contributed by atoms with Crippen LogP contribution in [0.3, 0.4) is 0 Å². The number of aliphatic hydroxyl groups is 2. The Morgan fingerprint density at radius 1 is 1.29 bits per heavy atom. The third-order valence-electron chi connectivity index (χ3n) is 5.78. The summed E-state index contributed by atoms with van der Waals surface area (Å²) >= 11 is 4.96. The second kappa shape index (κ2) is 8.41. The maximum atomic E-state index is 16.1. The zero-order valence-electron chi connectivity index (χ0n) is 18.9. The van der Waals surface area contributed by atoms with Gasteiger partial charge in [0.25, 0.3) is 5.85 Å². The average molecular weight is 518 g/mol. The van der Waals surface area contributed by atoms with E-state index in [9.17, 15) is 19.6 Å². The van der Waals surface area contributed by atoms with Gasteiger partial charge in [-0.25, -0.2) is 13.8 Å². The fraction of sp³-hybridized carbons (Fsp3) is 0.474. The fourth-order valence-corrected chi connectivity index (χ4v) is 5.54. The number of aliphatic hydroxyl groups excluding tert-OH is 2. The first-order valence-corrected chi connectivity index (χ1v) is 12.1. The molecule has 35 heavy (non-hydrogen) atoms. The van der Waals surface area contributed by atoms with Gasteiger partial charge in [0, 0.05) is 17.3 Å². The summed E-state index contributed by atoms with van der Waals surface area (Å²) in [5.74, 6) is -3.55. The number of H-pyrrole nitrogens is 1. The minimum Gasteiger partial charge on any atom is -0.403 e. The first-order chi connectivity index (χ1) is 16.0. The highest BCUT2D eigenvalue weighted by atomic mass is 32.1. The molecule has 3 N–H and O–H groups in total. The van der Waals surface area contributed by atoms with Crippen molar-refractivity contribution < 1.29 is 37.5 Å². The van der Waals surface area contributed by atoms with Gasteiger partial charge in [0.15, 0.2) is 0 Å². The second-order valence-electron chi connectivity index (χ2n) is 8.60. The summed E-state index contributed by atoms with van der Waals surface area (Å²) in [6.45, 7) is 4.79. The Morgan fingerprint density at radius 3 is 2.60 bits per heavy atom. The molecule has 5 atom stereocenters. The van der Waals surface area contributed by atoms with Crippen LogP contribution in [0, 0.1) is 25.4 Å². The zero-order valence-corrected chi connectivity index (χ0v) is 20.6. The molecule has 3 heterocycles. The zero-order chi connectivity index (χ0) is 26.1. The number of ether oxygens (including phenoxy) is 1. The molecule has 0 saturated carbocycles. The van der Waals surface area contributed by atoms with Crippen LogP contribution in [0.2, 0.25) is 0 Å². The van der Waals surface area contributed by atoms with Crippen LogP contribution in [0.4, 0.5) is 4.39 Å². The Morgan fingerprint density at radius 2 is 1.94 bits per heavy atom. The van der Waals surface area contributed by atoms with Gasteiger partial charge in [-0.15, -0.1) is 0 Å². The standard InChI is InChI=1S/C19H19B3FN2O8PS/c1-8-4-9(2)12-11(5-8)7-30-34(29,31-12)33-19(21,22)17(23)13(26)14(27)18(20,32-17)25-6-10(3)15(35)24-16(25)28/h4-6,13-14,26-27H,7H2,1-3H3,(H,24,28,35)/t13-,14+,17-,18-,34?/m0/s1. The van der Waals surface area contributed by atoms with Crippen molar-refractivity contribution in [3.63, 3.8) is 0 Å². The Kier molecular flexibility index (Phi) is 6.33. The van der Waals surface area contributed by atoms with E-state index in [1.54, 1.807) is 19.1 Å². The quantitative estimate of drug-likeness (QED) is 0.305. The number of phosphoric ester groups is 1. The number of phosphoric acid groups is 1. The van der Waals surface area contributed by atoms with Crippen LogP contribution >= 0.6 is 20.0 Å². The average Bonchev–Trinajstić information content (AvgIpc) is 2.93. The molecule has 2 aliphatic heterocycles. The summed E-state index contributed by atoms with van der Waals surface area (Å²) in [5.41, 5.74) is -1.38. The number of aromatic amines is 1. The van der Waals surface area contributed by atoms with Gasteiger partial charge in [0.05, 0.1) is 12.0 Å². The molecule has 2 aromatic rings. The van der Waals surface area contributed by atoms with E-state index in [2.05, 4.69) is 4.98 Å². The molecule has 0 amide bonds. The number of fused-ring (bicyclic) bond motifs is 1. The smallest absolute Gasteiger partial charge is 0.403 e. The minimum atomic E-state index is -4.68. The molecule has 10 nitrogen and oxygen atoms in total. The molecular formula is C19H19B3FN2O8PS. The van der Waals surface area contributed by atoms with Crippen molar-refractivity contribution >= 4 is 43.6 Å². The highest BCUT2D eigenvalue weighted by Gasteiger charge is 2.69. The predicted octanol–water partition coefficient (Wildman–Crippen LogP) is 0.752. The molecule has 1 fully saturated rings. The number of hydrogen-bond donors (Lipinski definition) is 3. The number of aromatic nitrogens is 2. The Labute approximate surface area is 208 Å². The number of rotatable bonds is 4. The van der Waals surface area contributed by atoms with Crippen molar-refractivity contribution in [2.75, 3.05) is 0 Å². The number of nitrogens with zero attached hydrogens (tertiary/aromatic N) is 1. The highest BCUT2D eigenvalue weighted by Crippen LogP contribution is 2.59. The Hall–Kier alpha value is -1.73. The fourth-order valence-electron chi connectivity index (χ4n) is 3.98. The van der Waals surface area contributed by atoms with Gasteiger partial charge in [0.1, 0.15) is 51.8 Å². The SMILES string of the molecule is [B]C([B])(OP1(=O)OCc2cc(C)cc(C)c2O1)[C@@]1(F)O[C@@]([B])(n2cc(C)c(=S)[nH]c2=O)[C@H](O)[C@@H]1O. The minimum absolute atomic E-state index is 0.0557. The van der Waals surface area contributed by atoms with Gasteiger partial charge in [-0.05, 0) is 26.3 Å². The molecule has 1 aromatic carbocycles. The lowest BCUT2D eigenvalue weighted by Gasteiger charge is -2.42. The molecule has 1 unspecified atom stereocenters. The van der Waals surface area contributed by atoms with Crippen LogP contribution in [-0.4, -0.2) is 66.8 Å². The topological polar surface area (TPSA) is 132 Å². The van der Waals surface area contributed by atoms with Gasteiger partial charge < -0.3 is 19.5 Å². The van der Waals surface area contributed by atoms with E-state index < -0.39 is 42.6 Å². The van der Waals surface area contributed by atoms with Crippen LogP contribution < -0.4 is 10.2 Å². The van der Waals surface area contributed by atoms with Gasteiger partial charge >= 0.3 is 13.5 Å². The number of benzene rings is 1. The van der Waals surface area contributed by atoms with Crippen molar-refractivity contribution in [3.8, 4) is 5.75 Å². The van der Waals surface area contributed by atoms with E-state index in [0.29, 0.717) is 21.3 Å². The molecule has 1 aromatic heterocycles. The van der Waals surface area contributed by atoms with E-state index in [-0.39, 0.29) is 17.0 Å². The summed E-state index contributed by atoms with van der Waals surface area (Å²) < 4.78 is 50.6. The van der Waals surface area contributed by atoms with Crippen molar-refractivity contribution in [3.05, 3.63) is 55.7 Å². The maximum Gasteiger partial charge on any atom is 0.529 e. The van der Waals surface area contributed by atoms with E-state index in [1.165, 1.54) is 6.92 Å². The van der Waals surface area contributed by atoms with Crippen LogP contribution in [0.1, 0.15) is 22.3 Å². The molecule has 0 aliphatic carbocycles. The van der Waals surface area contributed by atoms with E-state index in [4.69, 9.17) is 54.1 Å². The van der Waals surface area contributed by atoms with Crippen molar-refractivity contribution in [1.82, 2.24) is 9.55 Å². The predicted molar refractivity (Wildman–Crippen MR) is 126 cm³/mol. The summed E-state index contributed by atoms with van der Waals surface area (Å²) in [6, 6.07) is 3.48. The normalized spacial score (nSPS) is 32.7. The molecule has 16 heteroatoms. The molecular weight excluding hydrogens is 499 g/mol. The van der Waals surface area contributed by atoms with Gasteiger partial charge in [-0.3, -0.25) is 18.6 Å². The highest BCUT2D eigenvalue weighted by molar-refractivity contribution is 7.71. The molecule has 0 spiro atoms. The Bertz CT molecular complexity index is 1370. The summed E-state index contributed by atoms with van der Waals surface area (Å²) in [6.07, 6.45) is -3.80. The number of alkyl halides is 1. The van der Waals surface area contributed by atoms with Crippen molar-refractivity contribution in [1.29, 1.82) is 0 Å². The second-order valence-corrected chi connectivity index (χ2v) is 10.5. The molecule has 1 saturated heterocycles. The number of aryl methyl sites for hydroxylation is 3. The molecule has 6 radical (unpaired) electrons. The lowest BCUT2D eigenvalue weighted by atomic mass is 9.59. The number of halogens is 1. The van der Waals surface area contributed by atoms with Crippen LogP contribution in [0.25, 0.3) is 0 Å². The molecule has 0 bridgehead atoms. The molecule has 4 rings (SSSR count). The van der Waals surface area contributed by atoms with Crippen LogP contribution in [0.5, 0.6) is 5.75 Å². The van der Waals surface area contributed by atoms with Crippen molar-refractivity contribution in [2.24, 2.45) is 0 Å². The summed E-state index contributed by atoms with van der Waals surface area (Å²) in [5, 5.41) is 17.8. The lowest BCUT2D eigenvalue weighted by Crippen LogP contribution is -2.60. The number of hydrogen-bond acceptors (Lipinski definition) is 9. The van der Waals surface area contributed by atoms with Crippen molar-refractivity contribution in [2.45, 2.75) is 56.5 Å². The van der Waals surface area contributed by atoms with E-state index >= 15 is 4.39 Å². The summed E-state index contributed by atoms with van der Waals surface area (Å²) in [7, 11) is 12.9. The molecule has 180 valence electrons. The van der Waals surface area contributed by atoms with Gasteiger partial charge in [-0.2, -0.15) is 0 Å². The largest absolute Gasteiger partial charge is 0.529 e. The third-order valence-corrected chi connectivity index (χ3v) is 7.59. The third kappa shape index (κ3) is 4.17. The number of nitrogens with one attached hydrogen (secondary N) is 1. The Balaban J connectivity index is 1.68. The first kappa shape index (κ1) is 26.3. The van der Waals surface area contributed by atoms with E-state index in [0.717, 1.165) is 11.8 Å². The van der Waals surface area contributed by atoms with E-state index in [1.807, 2.05) is 6.92 Å². The molecule has 2 aliphatic rings. The van der Waals surface area contributed by atoms with Crippen LogP contribution in [0.15, 0.2) is 23.1 Å². The monoisotopic (exact) mass is 518 g/mol. The maximum absolute atomic E-state index is 16.1. The first-order valence-electron chi connectivity index (χ1n) is 10.2. The van der Waals surface area contributed by atoms with Crippen LogP contribution in [-0.2, 0) is 30.6 Å². The van der Waals surface area contributed by atoms with Gasteiger partial charge in [-0.1, -0.05) is 29.9 Å². The summed E-state index contributed by atoms with van der Waals surface area (Å²) in [4.78, 5) is 14.7. The lowest BCUT2D eigenvalue weighted by molar-refractivity contribution is -0.240.